The summed E-state index contributed by atoms with van der Waals surface area (Å²) in [7, 11) is 0. The summed E-state index contributed by atoms with van der Waals surface area (Å²) >= 11 is 6.09. The van der Waals surface area contributed by atoms with Gasteiger partial charge in [0.1, 0.15) is 5.02 Å². The van der Waals surface area contributed by atoms with Crippen molar-refractivity contribution in [2.75, 3.05) is 30.3 Å². The zero-order valence-electron chi connectivity index (χ0n) is 9.90. The Morgan fingerprint density at radius 1 is 1.65 bits per heavy atom. The Morgan fingerprint density at radius 3 is 3.24 bits per heavy atom. The highest BCUT2D eigenvalue weighted by molar-refractivity contribution is 6.32. The summed E-state index contributed by atoms with van der Waals surface area (Å²) in [5, 5.41) is 0.538. The maximum absolute atomic E-state index is 6.09. The zero-order chi connectivity index (χ0) is 12.3. The molecule has 5 nitrogen and oxygen atoms in total. The van der Waals surface area contributed by atoms with Gasteiger partial charge < -0.3 is 15.4 Å². The van der Waals surface area contributed by atoms with Gasteiger partial charge in [0.25, 0.3) is 0 Å². The highest BCUT2D eigenvalue weighted by Crippen LogP contribution is 2.26. The molecule has 0 aromatic carbocycles. The molecule has 1 aliphatic rings. The van der Waals surface area contributed by atoms with E-state index in [1.807, 2.05) is 6.92 Å². The number of piperidine rings is 1. The maximum atomic E-state index is 6.09. The van der Waals surface area contributed by atoms with E-state index in [0.29, 0.717) is 10.8 Å². The van der Waals surface area contributed by atoms with Crippen LogP contribution in [0.2, 0.25) is 5.02 Å². The van der Waals surface area contributed by atoms with Gasteiger partial charge in [0.2, 0.25) is 5.95 Å². The van der Waals surface area contributed by atoms with E-state index in [4.69, 9.17) is 22.1 Å². The second kappa shape index (κ2) is 5.51. The van der Waals surface area contributed by atoms with Crippen LogP contribution in [0.15, 0.2) is 6.20 Å². The smallest absolute Gasteiger partial charge is 0.222 e. The van der Waals surface area contributed by atoms with E-state index in [1.165, 1.54) is 0 Å². The number of nitrogen functional groups attached to an aromatic ring is 1. The van der Waals surface area contributed by atoms with Crippen molar-refractivity contribution in [3.63, 3.8) is 0 Å². The van der Waals surface area contributed by atoms with Crippen molar-refractivity contribution in [3.05, 3.63) is 11.2 Å². The molecular weight excluding hydrogens is 240 g/mol. The van der Waals surface area contributed by atoms with Gasteiger partial charge in [-0.05, 0) is 19.8 Å². The van der Waals surface area contributed by atoms with Crippen LogP contribution in [-0.2, 0) is 4.74 Å². The maximum Gasteiger partial charge on any atom is 0.222 e. The summed E-state index contributed by atoms with van der Waals surface area (Å²) in [4.78, 5) is 10.2. The first-order valence-electron chi connectivity index (χ1n) is 5.85. The molecule has 94 valence electrons. The van der Waals surface area contributed by atoms with Gasteiger partial charge in [-0.15, -0.1) is 0 Å². The number of anilines is 2. The summed E-state index contributed by atoms with van der Waals surface area (Å²) in [5.41, 5.74) is 5.59. The number of hydrogen-bond acceptors (Lipinski definition) is 5. The molecular formula is C11H17ClN4O. The molecule has 1 atom stereocenters. The van der Waals surface area contributed by atoms with E-state index in [1.54, 1.807) is 6.20 Å². The normalized spacial score (nSPS) is 20.6. The van der Waals surface area contributed by atoms with Gasteiger partial charge in [-0.3, -0.25) is 0 Å². The average molecular weight is 257 g/mol. The number of halogens is 1. The molecule has 17 heavy (non-hydrogen) atoms. The van der Waals surface area contributed by atoms with Gasteiger partial charge in [-0.25, -0.2) is 4.98 Å². The minimum Gasteiger partial charge on any atom is -0.377 e. The van der Waals surface area contributed by atoms with Crippen molar-refractivity contribution < 1.29 is 4.74 Å². The van der Waals surface area contributed by atoms with Crippen LogP contribution in [0.25, 0.3) is 0 Å². The molecule has 2 rings (SSSR count). The van der Waals surface area contributed by atoms with Crippen LogP contribution in [0.5, 0.6) is 0 Å². The number of nitrogens with zero attached hydrogens (tertiary/aromatic N) is 3. The van der Waals surface area contributed by atoms with Crippen LogP contribution in [0.3, 0.4) is 0 Å². The molecule has 0 saturated carbocycles. The molecule has 0 aliphatic carbocycles. The van der Waals surface area contributed by atoms with Crippen molar-refractivity contribution in [2.45, 2.75) is 25.9 Å². The van der Waals surface area contributed by atoms with Gasteiger partial charge >= 0.3 is 0 Å². The molecule has 2 heterocycles. The second-order valence-electron chi connectivity index (χ2n) is 4.07. The topological polar surface area (TPSA) is 64.3 Å². The van der Waals surface area contributed by atoms with Gasteiger partial charge in [-0.2, -0.15) is 4.98 Å². The van der Waals surface area contributed by atoms with Crippen molar-refractivity contribution >= 4 is 23.4 Å². The summed E-state index contributed by atoms with van der Waals surface area (Å²) in [5.74, 6) is 0.964. The van der Waals surface area contributed by atoms with Gasteiger partial charge in [-0.1, -0.05) is 11.6 Å². The Labute approximate surface area is 106 Å². The Balaban J connectivity index is 2.13. The molecule has 0 radical (unpaired) electrons. The van der Waals surface area contributed by atoms with Crippen LogP contribution in [0, 0.1) is 0 Å². The Morgan fingerprint density at radius 2 is 2.47 bits per heavy atom. The van der Waals surface area contributed by atoms with Crippen LogP contribution in [0.4, 0.5) is 11.8 Å². The molecule has 1 fully saturated rings. The number of rotatable bonds is 3. The van der Waals surface area contributed by atoms with E-state index in [2.05, 4.69) is 14.9 Å². The van der Waals surface area contributed by atoms with Gasteiger partial charge in [0.15, 0.2) is 5.82 Å². The van der Waals surface area contributed by atoms with Crippen LogP contribution >= 0.6 is 11.6 Å². The molecule has 1 unspecified atom stereocenters. The summed E-state index contributed by atoms with van der Waals surface area (Å²) in [6.07, 6.45) is 3.96. The Bertz CT molecular complexity index is 386. The molecule has 1 aliphatic heterocycles. The first kappa shape index (κ1) is 12.4. The van der Waals surface area contributed by atoms with Crippen molar-refractivity contribution in [1.82, 2.24) is 9.97 Å². The van der Waals surface area contributed by atoms with E-state index in [9.17, 15) is 0 Å². The molecule has 2 N–H and O–H groups in total. The fourth-order valence-corrected chi connectivity index (χ4v) is 2.31. The standard InChI is InChI=1S/C11H17ClN4O/c1-2-17-8-4-3-5-16(7-8)10-9(12)6-14-11(13)15-10/h6,8H,2-5,7H2,1H3,(H2,13,14,15). The molecule has 0 spiro atoms. The third kappa shape index (κ3) is 2.98. The van der Waals surface area contributed by atoms with Gasteiger partial charge in [0.05, 0.1) is 12.3 Å². The Kier molecular flexibility index (Phi) is 4.02. The van der Waals surface area contributed by atoms with Crippen molar-refractivity contribution in [3.8, 4) is 0 Å². The number of nitrogens with two attached hydrogens (primary N) is 1. The molecule has 1 aromatic rings. The lowest BCUT2D eigenvalue weighted by molar-refractivity contribution is 0.0525. The van der Waals surface area contributed by atoms with E-state index in [0.717, 1.165) is 32.5 Å². The highest BCUT2D eigenvalue weighted by atomic mass is 35.5. The monoisotopic (exact) mass is 256 g/mol. The molecule has 0 amide bonds. The quantitative estimate of drug-likeness (QED) is 0.892. The molecule has 6 heteroatoms. The first-order valence-corrected chi connectivity index (χ1v) is 6.23. The van der Waals surface area contributed by atoms with Gasteiger partial charge in [0, 0.05) is 19.7 Å². The summed E-state index contributed by atoms with van der Waals surface area (Å²) in [6.45, 7) is 4.48. The first-order chi connectivity index (χ1) is 8.20. The summed E-state index contributed by atoms with van der Waals surface area (Å²) in [6, 6.07) is 0. The fourth-order valence-electron chi connectivity index (χ4n) is 2.10. The predicted octanol–water partition coefficient (Wildman–Crippen LogP) is 1.72. The largest absolute Gasteiger partial charge is 0.377 e. The molecule has 1 aromatic heterocycles. The van der Waals surface area contributed by atoms with Crippen molar-refractivity contribution in [2.24, 2.45) is 0 Å². The minimum atomic E-state index is 0.251. The van der Waals surface area contributed by atoms with Crippen molar-refractivity contribution in [1.29, 1.82) is 0 Å². The number of aromatic nitrogens is 2. The van der Waals surface area contributed by atoms with E-state index < -0.39 is 0 Å². The predicted molar refractivity (Wildman–Crippen MR) is 68.3 cm³/mol. The summed E-state index contributed by atoms with van der Waals surface area (Å²) < 4.78 is 5.65. The lowest BCUT2D eigenvalue weighted by Gasteiger charge is -2.33. The lowest BCUT2D eigenvalue weighted by atomic mass is 10.1. The van der Waals surface area contributed by atoms with Crippen LogP contribution < -0.4 is 10.6 Å². The number of hydrogen-bond donors (Lipinski definition) is 1. The Hall–Kier alpha value is -1.07. The zero-order valence-corrected chi connectivity index (χ0v) is 10.7. The third-order valence-electron chi connectivity index (χ3n) is 2.82. The van der Waals surface area contributed by atoms with Crippen LogP contribution in [0.1, 0.15) is 19.8 Å². The number of ether oxygens (including phenoxy) is 1. The van der Waals surface area contributed by atoms with E-state index in [-0.39, 0.29) is 12.1 Å². The second-order valence-corrected chi connectivity index (χ2v) is 4.47. The molecule has 0 bridgehead atoms. The fraction of sp³-hybridized carbons (Fsp3) is 0.636. The SMILES string of the molecule is CCOC1CCCN(c2nc(N)ncc2Cl)C1. The highest BCUT2D eigenvalue weighted by Gasteiger charge is 2.22. The molecule has 1 saturated heterocycles. The van der Waals surface area contributed by atoms with E-state index >= 15 is 0 Å². The minimum absolute atomic E-state index is 0.251. The van der Waals surface area contributed by atoms with Crippen LogP contribution in [-0.4, -0.2) is 35.8 Å². The average Bonchev–Trinajstić information content (AvgIpc) is 2.33. The third-order valence-corrected chi connectivity index (χ3v) is 3.09. The lowest BCUT2D eigenvalue weighted by Crippen LogP contribution is -2.40.